The largest absolute Gasteiger partial charge is 0.366 e. The highest BCUT2D eigenvalue weighted by Gasteiger charge is 2.46. The molecular formula is C29H31N7O. The summed E-state index contributed by atoms with van der Waals surface area (Å²) < 4.78 is 0. The van der Waals surface area contributed by atoms with E-state index in [0.29, 0.717) is 29.3 Å². The maximum atomic E-state index is 11.7. The Hall–Kier alpha value is -3.96. The fourth-order valence-electron chi connectivity index (χ4n) is 6.37. The van der Waals surface area contributed by atoms with Gasteiger partial charge in [-0.1, -0.05) is 25.0 Å². The third-order valence-corrected chi connectivity index (χ3v) is 8.14. The lowest BCUT2D eigenvalue weighted by molar-refractivity contribution is 0.100. The lowest BCUT2D eigenvalue weighted by atomic mass is 9.81. The third kappa shape index (κ3) is 4.51. The Morgan fingerprint density at radius 3 is 2.62 bits per heavy atom. The van der Waals surface area contributed by atoms with E-state index in [1.54, 1.807) is 12.3 Å². The van der Waals surface area contributed by atoms with Crippen LogP contribution in [-0.2, 0) is 0 Å². The zero-order chi connectivity index (χ0) is 25.4. The second-order valence-corrected chi connectivity index (χ2v) is 10.3. The fraction of sp³-hybridized carbons (Fsp3) is 0.379. The van der Waals surface area contributed by atoms with Crippen molar-refractivity contribution in [2.75, 3.05) is 22.9 Å². The van der Waals surface area contributed by atoms with Gasteiger partial charge in [-0.2, -0.15) is 5.26 Å². The van der Waals surface area contributed by atoms with Crippen LogP contribution in [0.2, 0.25) is 0 Å². The van der Waals surface area contributed by atoms with E-state index in [-0.39, 0.29) is 6.04 Å². The van der Waals surface area contributed by atoms with Crippen molar-refractivity contribution in [3.05, 3.63) is 72.1 Å². The summed E-state index contributed by atoms with van der Waals surface area (Å²) in [5.74, 6) is 1.50. The van der Waals surface area contributed by atoms with Crippen molar-refractivity contribution in [2.45, 2.75) is 56.3 Å². The van der Waals surface area contributed by atoms with Gasteiger partial charge in [-0.25, -0.2) is 9.97 Å². The van der Waals surface area contributed by atoms with Gasteiger partial charge in [0.2, 0.25) is 5.91 Å². The van der Waals surface area contributed by atoms with Crippen molar-refractivity contribution >= 4 is 17.5 Å². The second kappa shape index (κ2) is 9.83. The lowest BCUT2D eigenvalue weighted by Crippen LogP contribution is -2.72. The Morgan fingerprint density at radius 1 is 0.973 bits per heavy atom. The van der Waals surface area contributed by atoms with Gasteiger partial charge in [0.25, 0.3) is 0 Å². The molecule has 3 aliphatic rings. The second-order valence-electron chi connectivity index (χ2n) is 10.3. The van der Waals surface area contributed by atoms with Gasteiger partial charge in [0, 0.05) is 55.2 Å². The smallest absolute Gasteiger partial charge is 0.248 e. The zero-order valence-electron chi connectivity index (χ0n) is 20.8. The number of nitrogens with two attached hydrogens (primary N) is 1. The van der Waals surface area contributed by atoms with Crippen LogP contribution in [-0.4, -0.2) is 53.1 Å². The van der Waals surface area contributed by atoms with Crippen molar-refractivity contribution in [1.29, 1.82) is 5.26 Å². The number of amides is 1. The molecule has 3 fully saturated rings. The Morgan fingerprint density at radius 2 is 1.81 bits per heavy atom. The predicted octanol–water partition coefficient (Wildman–Crippen LogP) is 3.48. The van der Waals surface area contributed by atoms with Gasteiger partial charge in [0.05, 0.1) is 5.56 Å². The third-order valence-electron chi connectivity index (χ3n) is 8.14. The number of aromatic nitrogens is 2. The van der Waals surface area contributed by atoms with Crippen LogP contribution in [0.4, 0.5) is 11.6 Å². The minimum absolute atomic E-state index is 0.286. The highest BCUT2D eigenvalue weighted by molar-refractivity contribution is 5.94. The number of hydrogen-bond donors (Lipinski definition) is 2. The van der Waals surface area contributed by atoms with E-state index >= 15 is 0 Å². The summed E-state index contributed by atoms with van der Waals surface area (Å²) in [6, 6.07) is 19.1. The monoisotopic (exact) mass is 493 g/mol. The number of primary amides is 1. The number of hydrogen-bond acceptors (Lipinski definition) is 7. The number of piperidine rings is 1. The number of rotatable bonds is 4. The molecule has 188 valence electrons. The number of nitrogens with zero attached hydrogens (tertiary/aromatic N) is 5. The van der Waals surface area contributed by atoms with E-state index in [2.05, 4.69) is 32.2 Å². The quantitative estimate of drug-likeness (QED) is 0.572. The highest BCUT2D eigenvalue weighted by Crippen LogP contribution is 2.37. The summed E-state index contributed by atoms with van der Waals surface area (Å²) in [6.45, 7) is 1.76. The Labute approximate surface area is 217 Å². The molecule has 2 saturated heterocycles. The summed E-state index contributed by atoms with van der Waals surface area (Å²) in [4.78, 5) is 26.1. The number of pyridine rings is 2. The van der Waals surface area contributed by atoms with Crippen LogP contribution < -0.4 is 20.9 Å². The molecule has 4 atom stereocenters. The summed E-state index contributed by atoms with van der Waals surface area (Å²) in [7, 11) is 0. The first kappa shape index (κ1) is 23.4. The van der Waals surface area contributed by atoms with Gasteiger partial charge in [-0.05, 0) is 66.8 Å². The molecule has 0 radical (unpaired) electrons. The molecule has 6 rings (SSSR count). The van der Waals surface area contributed by atoms with E-state index in [4.69, 9.17) is 16.0 Å². The van der Waals surface area contributed by atoms with E-state index in [1.165, 1.54) is 19.3 Å². The molecule has 2 aliphatic heterocycles. The van der Waals surface area contributed by atoms with Crippen LogP contribution in [0.1, 0.15) is 48.0 Å². The molecular weight excluding hydrogens is 462 g/mol. The van der Waals surface area contributed by atoms with Crippen LogP contribution in [0.5, 0.6) is 0 Å². The fourth-order valence-corrected chi connectivity index (χ4v) is 6.37. The van der Waals surface area contributed by atoms with Crippen LogP contribution in [0, 0.1) is 11.3 Å². The molecule has 37 heavy (non-hydrogen) atoms. The van der Waals surface area contributed by atoms with Gasteiger partial charge in [-0.15, -0.1) is 0 Å². The van der Waals surface area contributed by atoms with Crippen molar-refractivity contribution in [1.82, 2.24) is 15.3 Å². The van der Waals surface area contributed by atoms with E-state index < -0.39 is 5.91 Å². The SMILES string of the molecule is N#Cc1ccc(N2CCC3[C@@H](C2)N[C@@H]2CCCC[C@H]2N3c2cc(-c3cccc(C(N)=O)c3)ccn2)nc1. The molecule has 2 aromatic heterocycles. The molecule has 1 saturated carbocycles. The Bertz CT molecular complexity index is 1330. The summed E-state index contributed by atoms with van der Waals surface area (Å²) in [5, 5.41) is 13.1. The maximum absolute atomic E-state index is 11.7. The number of piperazine rings is 1. The Balaban J connectivity index is 1.31. The first-order chi connectivity index (χ1) is 18.1. The lowest BCUT2D eigenvalue weighted by Gasteiger charge is -2.56. The average molecular weight is 494 g/mol. The molecule has 1 aromatic carbocycles. The predicted molar refractivity (Wildman–Crippen MR) is 143 cm³/mol. The molecule has 0 bridgehead atoms. The zero-order valence-corrected chi connectivity index (χ0v) is 20.8. The number of benzene rings is 1. The van der Waals surface area contributed by atoms with Crippen LogP contribution >= 0.6 is 0 Å². The molecule has 8 heteroatoms. The summed E-state index contributed by atoms with van der Waals surface area (Å²) >= 11 is 0. The molecule has 8 nitrogen and oxygen atoms in total. The number of nitrogens with one attached hydrogen (secondary N) is 1. The van der Waals surface area contributed by atoms with E-state index in [1.807, 2.05) is 42.6 Å². The molecule has 0 spiro atoms. The summed E-state index contributed by atoms with van der Waals surface area (Å²) in [5.41, 5.74) is 8.63. The van der Waals surface area contributed by atoms with Gasteiger partial charge >= 0.3 is 0 Å². The first-order valence-corrected chi connectivity index (χ1v) is 13.1. The van der Waals surface area contributed by atoms with Crippen molar-refractivity contribution in [3.8, 4) is 17.2 Å². The minimum Gasteiger partial charge on any atom is -0.366 e. The molecule has 1 amide bonds. The molecule has 3 aromatic rings. The standard InChI is InChI=1S/C29H31N7O/c30-16-19-8-9-27(33-17-19)35-13-11-26-24(18-35)34-23-6-1-2-7-25(23)36(26)28-15-21(10-12-32-28)20-4-3-5-22(14-20)29(31)37/h3-5,8-10,12,14-15,17,23-26,34H,1-2,6-7,11,13,18H2,(H2,31,37)/t23-,24-,25-,26?/m1/s1. The maximum Gasteiger partial charge on any atom is 0.248 e. The van der Waals surface area contributed by atoms with Crippen molar-refractivity contribution in [2.24, 2.45) is 5.73 Å². The molecule has 3 N–H and O–H groups in total. The van der Waals surface area contributed by atoms with Crippen molar-refractivity contribution < 1.29 is 4.79 Å². The van der Waals surface area contributed by atoms with Crippen molar-refractivity contribution in [3.63, 3.8) is 0 Å². The van der Waals surface area contributed by atoms with Crippen LogP contribution in [0.3, 0.4) is 0 Å². The van der Waals surface area contributed by atoms with Crippen LogP contribution in [0.25, 0.3) is 11.1 Å². The summed E-state index contributed by atoms with van der Waals surface area (Å²) in [6.07, 6.45) is 9.33. The van der Waals surface area contributed by atoms with Gasteiger partial charge in [0.1, 0.15) is 17.7 Å². The molecule has 1 aliphatic carbocycles. The number of fused-ring (bicyclic) bond motifs is 2. The van der Waals surface area contributed by atoms with Crippen LogP contribution in [0.15, 0.2) is 60.9 Å². The normalized spacial score (nSPS) is 25.1. The number of carbonyl (C=O) groups is 1. The average Bonchev–Trinajstić information content (AvgIpc) is 2.95. The van der Waals surface area contributed by atoms with Gasteiger partial charge in [-0.3, -0.25) is 4.79 Å². The van der Waals surface area contributed by atoms with E-state index in [9.17, 15) is 4.79 Å². The van der Waals surface area contributed by atoms with Gasteiger partial charge < -0.3 is 20.9 Å². The number of nitriles is 1. The number of anilines is 2. The molecule has 1 unspecified atom stereocenters. The van der Waals surface area contributed by atoms with Gasteiger partial charge in [0.15, 0.2) is 0 Å². The first-order valence-electron chi connectivity index (χ1n) is 13.1. The Kier molecular flexibility index (Phi) is 6.23. The molecule has 4 heterocycles. The minimum atomic E-state index is -0.422. The topological polar surface area (TPSA) is 111 Å². The van der Waals surface area contributed by atoms with E-state index in [0.717, 1.165) is 48.7 Å². The highest BCUT2D eigenvalue weighted by atomic mass is 16.1. The number of carbonyl (C=O) groups excluding carboxylic acids is 1.